The van der Waals surface area contributed by atoms with Gasteiger partial charge < -0.3 is 4.74 Å². The van der Waals surface area contributed by atoms with Crippen LogP contribution in [-0.2, 0) is 10.9 Å². The van der Waals surface area contributed by atoms with E-state index < -0.39 is 34.9 Å². The average molecular weight is 317 g/mol. The molecule has 0 saturated heterocycles. The summed E-state index contributed by atoms with van der Waals surface area (Å²) >= 11 is 0. The minimum Gasteiger partial charge on any atom is -0.464 e. The van der Waals surface area contributed by atoms with Crippen LogP contribution in [0, 0.1) is 11.6 Å². The van der Waals surface area contributed by atoms with Crippen LogP contribution in [0.3, 0.4) is 0 Å². The lowest BCUT2D eigenvalue weighted by Gasteiger charge is -2.12. The Kier molecular flexibility index (Phi) is 4.11. The maximum Gasteiger partial charge on any atom is 0.419 e. The van der Waals surface area contributed by atoms with Crippen LogP contribution in [0.2, 0.25) is 0 Å². The molecule has 0 unspecified atom stereocenters. The number of benzene rings is 1. The van der Waals surface area contributed by atoms with Gasteiger partial charge in [-0.25, -0.2) is 18.6 Å². The number of hydrogen-bond donors (Lipinski definition) is 0. The molecule has 0 aliphatic heterocycles. The van der Waals surface area contributed by atoms with Crippen LogP contribution in [-0.4, -0.2) is 18.1 Å². The highest BCUT2D eigenvalue weighted by Gasteiger charge is 2.36. The Hall–Kier alpha value is -2.51. The number of alkyl halides is 3. The molecule has 8 heteroatoms. The zero-order valence-electron chi connectivity index (χ0n) is 11.0. The van der Waals surface area contributed by atoms with E-state index in [1.165, 1.54) is 18.3 Å². The SMILES string of the molecule is COC(=O)c1ncccc1-c1ccc(C(F)(F)F)c(F)c1F. The Labute approximate surface area is 121 Å². The van der Waals surface area contributed by atoms with Gasteiger partial charge in [0, 0.05) is 17.3 Å². The number of halogens is 5. The predicted molar refractivity (Wildman–Crippen MR) is 65.9 cm³/mol. The molecule has 0 bridgehead atoms. The molecule has 0 radical (unpaired) electrons. The number of carbonyl (C=O) groups is 1. The van der Waals surface area contributed by atoms with Gasteiger partial charge in [-0.05, 0) is 12.1 Å². The molecule has 0 atom stereocenters. The maximum atomic E-state index is 14.0. The highest BCUT2D eigenvalue weighted by molar-refractivity contribution is 5.95. The van der Waals surface area contributed by atoms with Gasteiger partial charge in [-0.2, -0.15) is 13.2 Å². The molecular weight excluding hydrogens is 309 g/mol. The lowest BCUT2D eigenvalue weighted by atomic mass is 10.0. The molecule has 0 fully saturated rings. The zero-order chi connectivity index (χ0) is 16.5. The number of carbonyl (C=O) groups excluding carboxylic acids is 1. The minimum absolute atomic E-state index is 0.167. The standard InChI is InChI=1S/C14H8F5NO2/c1-22-13(21)12-8(3-2-6-20-12)7-4-5-9(14(17,18)19)11(16)10(7)15/h2-6H,1H3. The first-order chi connectivity index (χ1) is 10.3. The Morgan fingerprint density at radius 2 is 1.77 bits per heavy atom. The number of esters is 1. The smallest absolute Gasteiger partial charge is 0.419 e. The van der Waals surface area contributed by atoms with Crippen molar-refractivity contribution in [3.63, 3.8) is 0 Å². The summed E-state index contributed by atoms with van der Waals surface area (Å²) in [5, 5.41) is 0. The Morgan fingerprint density at radius 3 is 2.36 bits per heavy atom. The van der Waals surface area contributed by atoms with Gasteiger partial charge in [-0.3, -0.25) is 0 Å². The summed E-state index contributed by atoms with van der Waals surface area (Å²) in [7, 11) is 1.06. The van der Waals surface area contributed by atoms with Gasteiger partial charge in [-0.15, -0.1) is 0 Å². The van der Waals surface area contributed by atoms with Crippen molar-refractivity contribution in [2.75, 3.05) is 7.11 Å². The average Bonchev–Trinajstić information content (AvgIpc) is 2.48. The summed E-state index contributed by atoms with van der Waals surface area (Å²) in [6.07, 6.45) is -3.81. The van der Waals surface area contributed by atoms with E-state index in [9.17, 15) is 26.7 Å². The summed E-state index contributed by atoms with van der Waals surface area (Å²) in [6, 6.07) is 3.70. The van der Waals surface area contributed by atoms with Gasteiger partial charge in [0.25, 0.3) is 0 Å². The number of pyridine rings is 1. The van der Waals surface area contributed by atoms with Gasteiger partial charge in [0.15, 0.2) is 17.3 Å². The maximum absolute atomic E-state index is 14.0. The summed E-state index contributed by atoms with van der Waals surface area (Å²) in [5.41, 5.74) is -2.74. The van der Waals surface area contributed by atoms with Crippen molar-refractivity contribution in [1.82, 2.24) is 4.98 Å². The topological polar surface area (TPSA) is 39.2 Å². The molecule has 0 saturated carbocycles. The van der Waals surface area contributed by atoms with Crippen LogP contribution in [0.5, 0.6) is 0 Å². The van der Waals surface area contributed by atoms with Crippen LogP contribution in [0.1, 0.15) is 16.1 Å². The second-order valence-electron chi connectivity index (χ2n) is 4.18. The van der Waals surface area contributed by atoms with E-state index in [2.05, 4.69) is 9.72 Å². The lowest BCUT2D eigenvalue weighted by molar-refractivity contribution is -0.140. The third kappa shape index (κ3) is 2.76. The molecule has 22 heavy (non-hydrogen) atoms. The van der Waals surface area contributed by atoms with Crippen molar-refractivity contribution in [3.05, 3.63) is 53.4 Å². The number of aromatic nitrogens is 1. The van der Waals surface area contributed by atoms with Gasteiger partial charge in [0.2, 0.25) is 0 Å². The molecule has 1 aromatic carbocycles. The predicted octanol–water partition coefficient (Wildman–Crippen LogP) is 3.83. The molecule has 0 amide bonds. The molecule has 116 valence electrons. The van der Waals surface area contributed by atoms with Crippen LogP contribution in [0.15, 0.2) is 30.5 Å². The molecule has 0 aliphatic carbocycles. The number of nitrogens with zero attached hydrogens (tertiary/aromatic N) is 1. The van der Waals surface area contributed by atoms with Crippen LogP contribution >= 0.6 is 0 Å². The summed E-state index contributed by atoms with van der Waals surface area (Å²) in [6.45, 7) is 0. The van der Waals surface area contributed by atoms with E-state index in [0.717, 1.165) is 13.2 Å². The van der Waals surface area contributed by atoms with Crippen molar-refractivity contribution in [3.8, 4) is 11.1 Å². The normalized spacial score (nSPS) is 11.4. The first-order valence-electron chi connectivity index (χ1n) is 5.86. The number of ether oxygens (including phenoxy) is 1. The third-order valence-electron chi connectivity index (χ3n) is 2.86. The van der Waals surface area contributed by atoms with Crippen molar-refractivity contribution in [2.45, 2.75) is 6.18 Å². The molecular formula is C14H8F5NO2. The molecule has 2 aromatic rings. The zero-order valence-corrected chi connectivity index (χ0v) is 11.0. The molecule has 1 aromatic heterocycles. The summed E-state index contributed by atoms with van der Waals surface area (Å²) in [5.74, 6) is -4.67. The van der Waals surface area contributed by atoms with E-state index >= 15 is 0 Å². The fourth-order valence-electron chi connectivity index (χ4n) is 1.86. The molecule has 3 nitrogen and oxygen atoms in total. The van der Waals surface area contributed by atoms with Crippen molar-refractivity contribution in [2.24, 2.45) is 0 Å². The second kappa shape index (κ2) is 5.70. The fourth-order valence-corrected chi connectivity index (χ4v) is 1.86. The Bertz CT molecular complexity index is 728. The second-order valence-corrected chi connectivity index (χ2v) is 4.18. The number of hydrogen-bond acceptors (Lipinski definition) is 3. The number of methoxy groups -OCH3 is 1. The monoisotopic (exact) mass is 317 g/mol. The summed E-state index contributed by atoms with van der Waals surface area (Å²) in [4.78, 5) is 15.2. The summed E-state index contributed by atoms with van der Waals surface area (Å²) < 4.78 is 69.6. The van der Waals surface area contributed by atoms with Crippen LogP contribution < -0.4 is 0 Å². The highest BCUT2D eigenvalue weighted by atomic mass is 19.4. The lowest BCUT2D eigenvalue weighted by Crippen LogP contribution is -2.11. The molecule has 0 N–H and O–H groups in total. The first kappa shape index (κ1) is 15.9. The molecule has 2 rings (SSSR count). The highest BCUT2D eigenvalue weighted by Crippen LogP contribution is 2.36. The molecule has 0 aliphatic rings. The van der Waals surface area contributed by atoms with E-state index in [1.807, 2.05) is 0 Å². The molecule has 1 heterocycles. The molecule has 0 spiro atoms. The number of rotatable bonds is 2. The van der Waals surface area contributed by atoms with Gasteiger partial charge in [0.05, 0.1) is 12.7 Å². The largest absolute Gasteiger partial charge is 0.464 e. The van der Waals surface area contributed by atoms with Crippen LogP contribution in [0.25, 0.3) is 11.1 Å². The van der Waals surface area contributed by atoms with E-state index in [0.29, 0.717) is 6.07 Å². The fraction of sp³-hybridized carbons (Fsp3) is 0.143. The van der Waals surface area contributed by atoms with Gasteiger partial charge in [-0.1, -0.05) is 12.1 Å². The quantitative estimate of drug-likeness (QED) is 0.624. The van der Waals surface area contributed by atoms with Crippen LogP contribution in [0.4, 0.5) is 22.0 Å². The minimum atomic E-state index is -5.02. The van der Waals surface area contributed by atoms with E-state index in [1.54, 1.807) is 0 Å². The third-order valence-corrected chi connectivity index (χ3v) is 2.86. The Morgan fingerprint density at radius 1 is 1.09 bits per heavy atom. The van der Waals surface area contributed by atoms with Gasteiger partial charge >= 0.3 is 12.1 Å². The van der Waals surface area contributed by atoms with Gasteiger partial charge in [0.1, 0.15) is 0 Å². The van der Waals surface area contributed by atoms with E-state index in [-0.39, 0.29) is 11.3 Å². The first-order valence-corrected chi connectivity index (χ1v) is 5.86. The van der Waals surface area contributed by atoms with E-state index in [4.69, 9.17) is 0 Å². The van der Waals surface area contributed by atoms with Crippen molar-refractivity contribution in [1.29, 1.82) is 0 Å². The van der Waals surface area contributed by atoms with Crippen molar-refractivity contribution < 1.29 is 31.5 Å². The Balaban J connectivity index is 2.66. The van der Waals surface area contributed by atoms with Crippen molar-refractivity contribution >= 4 is 5.97 Å².